The van der Waals surface area contributed by atoms with Crippen molar-refractivity contribution >= 4 is 5.97 Å². The standard InChI is InChI=1S/C16H23NO3/c1-13-4-2-5-15(12-13)20-11-3-8-17-9-6-14(7-10-17)16(18)19/h2,4-5,12,14H,3,6-11H2,1H3,(H,18,19). The van der Waals surface area contributed by atoms with E-state index in [-0.39, 0.29) is 5.92 Å². The molecular formula is C16H23NO3. The van der Waals surface area contributed by atoms with Crippen molar-refractivity contribution in [3.05, 3.63) is 29.8 Å². The van der Waals surface area contributed by atoms with E-state index in [0.717, 1.165) is 44.6 Å². The highest BCUT2D eigenvalue weighted by molar-refractivity contribution is 5.70. The molecule has 0 aliphatic carbocycles. The second-order valence-electron chi connectivity index (χ2n) is 5.47. The Balaban J connectivity index is 1.61. The van der Waals surface area contributed by atoms with Crippen molar-refractivity contribution in [2.45, 2.75) is 26.2 Å². The third-order valence-electron chi connectivity index (χ3n) is 3.81. The van der Waals surface area contributed by atoms with Crippen LogP contribution in [0.2, 0.25) is 0 Å². The van der Waals surface area contributed by atoms with E-state index in [0.29, 0.717) is 6.61 Å². The van der Waals surface area contributed by atoms with Gasteiger partial charge in [-0.25, -0.2) is 0 Å². The van der Waals surface area contributed by atoms with E-state index in [2.05, 4.69) is 17.9 Å². The van der Waals surface area contributed by atoms with Crippen LogP contribution in [0.15, 0.2) is 24.3 Å². The second-order valence-corrected chi connectivity index (χ2v) is 5.47. The second kappa shape index (κ2) is 7.29. The van der Waals surface area contributed by atoms with E-state index >= 15 is 0 Å². The Hall–Kier alpha value is -1.55. The third kappa shape index (κ3) is 4.53. The molecule has 1 aromatic carbocycles. The highest BCUT2D eigenvalue weighted by atomic mass is 16.5. The number of ether oxygens (including phenoxy) is 1. The summed E-state index contributed by atoms with van der Waals surface area (Å²) in [6, 6.07) is 8.07. The molecule has 0 atom stereocenters. The number of hydrogen-bond acceptors (Lipinski definition) is 3. The summed E-state index contributed by atoms with van der Waals surface area (Å²) in [5, 5.41) is 8.95. The minimum Gasteiger partial charge on any atom is -0.494 e. The molecule has 1 aliphatic rings. The lowest BCUT2D eigenvalue weighted by Gasteiger charge is -2.29. The zero-order chi connectivity index (χ0) is 14.4. The Morgan fingerprint density at radius 3 is 2.80 bits per heavy atom. The van der Waals surface area contributed by atoms with Crippen molar-refractivity contribution in [3.63, 3.8) is 0 Å². The molecule has 1 N–H and O–H groups in total. The van der Waals surface area contributed by atoms with Gasteiger partial charge >= 0.3 is 5.97 Å². The molecule has 1 fully saturated rings. The average Bonchev–Trinajstić information content (AvgIpc) is 2.44. The monoisotopic (exact) mass is 277 g/mol. The van der Waals surface area contributed by atoms with Crippen molar-refractivity contribution < 1.29 is 14.6 Å². The molecule has 1 heterocycles. The maximum absolute atomic E-state index is 10.9. The van der Waals surface area contributed by atoms with Gasteiger partial charge in [-0.3, -0.25) is 4.79 Å². The number of carboxylic acids is 1. The molecule has 1 saturated heterocycles. The highest BCUT2D eigenvalue weighted by Crippen LogP contribution is 2.17. The fourth-order valence-electron chi connectivity index (χ4n) is 2.59. The fraction of sp³-hybridized carbons (Fsp3) is 0.562. The number of carboxylic acid groups (broad SMARTS) is 1. The molecule has 20 heavy (non-hydrogen) atoms. The minimum atomic E-state index is -0.646. The van der Waals surface area contributed by atoms with Crippen molar-refractivity contribution in [3.8, 4) is 5.75 Å². The maximum atomic E-state index is 10.9. The quantitative estimate of drug-likeness (QED) is 0.812. The van der Waals surface area contributed by atoms with Gasteiger partial charge < -0.3 is 14.7 Å². The van der Waals surface area contributed by atoms with E-state index < -0.39 is 5.97 Å². The Bertz CT molecular complexity index is 439. The van der Waals surface area contributed by atoms with Gasteiger partial charge in [-0.2, -0.15) is 0 Å². The smallest absolute Gasteiger partial charge is 0.306 e. The number of aryl methyl sites for hydroxylation is 1. The number of aliphatic carboxylic acids is 1. The van der Waals surface area contributed by atoms with Gasteiger partial charge in [-0.15, -0.1) is 0 Å². The summed E-state index contributed by atoms with van der Waals surface area (Å²) in [7, 11) is 0. The Kier molecular flexibility index (Phi) is 5.41. The highest BCUT2D eigenvalue weighted by Gasteiger charge is 2.23. The summed E-state index contributed by atoms with van der Waals surface area (Å²) in [5.41, 5.74) is 1.21. The van der Waals surface area contributed by atoms with Gasteiger partial charge in [0, 0.05) is 6.54 Å². The lowest BCUT2D eigenvalue weighted by Crippen LogP contribution is -2.37. The number of likely N-dealkylation sites (tertiary alicyclic amines) is 1. The molecule has 2 rings (SSSR count). The predicted molar refractivity (Wildman–Crippen MR) is 78.1 cm³/mol. The normalized spacial score (nSPS) is 17.1. The van der Waals surface area contributed by atoms with Gasteiger partial charge in [0.05, 0.1) is 12.5 Å². The van der Waals surface area contributed by atoms with Crippen LogP contribution < -0.4 is 4.74 Å². The van der Waals surface area contributed by atoms with Gasteiger partial charge in [0.2, 0.25) is 0 Å². The predicted octanol–water partition coefficient (Wildman–Crippen LogP) is 2.56. The largest absolute Gasteiger partial charge is 0.494 e. The molecule has 1 aromatic rings. The maximum Gasteiger partial charge on any atom is 0.306 e. The molecule has 0 aromatic heterocycles. The molecule has 0 unspecified atom stereocenters. The summed E-state index contributed by atoms with van der Waals surface area (Å²) in [4.78, 5) is 13.2. The number of nitrogens with zero attached hydrogens (tertiary/aromatic N) is 1. The van der Waals surface area contributed by atoms with Crippen molar-refractivity contribution in [2.75, 3.05) is 26.2 Å². The third-order valence-corrected chi connectivity index (χ3v) is 3.81. The van der Waals surface area contributed by atoms with Crippen LogP contribution in [0, 0.1) is 12.8 Å². The van der Waals surface area contributed by atoms with Crippen LogP contribution in [0.1, 0.15) is 24.8 Å². The molecule has 0 saturated carbocycles. The first-order chi connectivity index (χ1) is 9.65. The molecule has 0 amide bonds. The van der Waals surface area contributed by atoms with Gasteiger partial charge in [-0.1, -0.05) is 12.1 Å². The summed E-state index contributed by atoms with van der Waals surface area (Å²) in [5.74, 6) is 0.136. The number of hydrogen-bond donors (Lipinski definition) is 1. The Morgan fingerprint density at radius 2 is 2.15 bits per heavy atom. The van der Waals surface area contributed by atoms with Crippen LogP contribution in [-0.4, -0.2) is 42.2 Å². The summed E-state index contributed by atoms with van der Waals surface area (Å²) >= 11 is 0. The van der Waals surface area contributed by atoms with Gasteiger partial charge in [0.1, 0.15) is 5.75 Å². The Labute approximate surface area is 120 Å². The van der Waals surface area contributed by atoms with Gasteiger partial charge in [0.25, 0.3) is 0 Å². The van der Waals surface area contributed by atoms with E-state index in [1.165, 1.54) is 5.56 Å². The lowest BCUT2D eigenvalue weighted by atomic mass is 9.97. The van der Waals surface area contributed by atoms with Crippen LogP contribution >= 0.6 is 0 Å². The molecular weight excluding hydrogens is 254 g/mol. The fourth-order valence-corrected chi connectivity index (χ4v) is 2.59. The van der Waals surface area contributed by atoms with Gasteiger partial charge in [0.15, 0.2) is 0 Å². The van der Waals surface area contributed by atoms with Crippen LogP contribution in [-0.2, 0) is 4.79 Å². The first-order valence-corrected chi connectivity index (χ1v) is 7.30. The van der Waals surface area contributed by atoms with Crippen molar-refractivity contribution in [2.24, 2.45) is 5.92 Å². The first-order valence-electron chi connectivity index (χ1n) is 7.30. The first kappa shape index (κ1) is 14.9. The molecule has 4 nitrogen and oxygen atoms in total. The van der Waals surface area contributed by atoms with Crippen LogP contribution in [0.5, 0.6) is 5.75 Å². The zero-order valence-electron chi connectivity index (χ0n) is 12.0. The summed E-state index contributed by atoms with van der Waals surface area (Å²) in [6.07, 6.45) is 2.52. The molecule has 0 spiro atoms. The van der Waals surface area contributed by atoms with E-state index in [9.17, 15) is 4.79 Å². The lowest BCUT2D eigenvalue weighted by molar-refractivity contribution is -0.143. The summed E-state index contributed by atoms with van der Waals surface area (Å²) < 4.78 is 5.72. The van der Waals surface area contributed by atoms with E-state index in [1.54, 1.807) is 0 Å². The summed E-state index contributed by atoms with van der Waals surface area (Å²) in [6.45, 7) is 5.53. The van der Waals surface area contributed by atoms with E-state index in [4.69, 9.17) is 9.84 Å². The molecule has 4 heteroatoms. The van der Waals surface area contributed by atoms with Crippen LogP contribution in [0.4, 0.5) is 0 Å². The van der Waals surface area contributed by atoms with Gasteiger partial charge in [-0.05, 0) is 57.0 Å². The topological polar surface area (TPSA) is 49.8 Å². The average molecular weight is 277 g/mol. The molecule has 0 bridgehead atoms. The number of piperidine rings is 1. The van der Waals surface area contributed by atoms with Crippen molar-refractivity contribution in [1.82, 2.24) is 4.90 Å². The van der Waals surface area contributed by atoms with Crippen LogP contribution in [0.3, 0.4) is 0 Å². The molecule has 1 aliphatic heterocycles. The Morgan fingerprint density at radius 1 is 1.40 bits per heavy atom. The van der Waals surface area contributed by atoms with Crippen molar-refractivity contribution in [1.29, 1.82) is 0 Å². The number of benzene rings is 1. The minimum absolute atomic E-state index is 0.144. The number of rotatable bonds is 6. The van der Waals surface area contributed by atoms with Crippen LogP contribution in [0.25, 0.3) is 0 Å². The molecule has 110 valence electrons. The SMILES string of the molecule is Cc1cccc(OCCCN2CCC(C(=O)O)CC2)c1. The zero-order valence-corrected chi connectivity index (χ0v) is 12.0. The number of carbonyl (C=O) groups is 1. The van der Waals surface area contributed by atoms with E-state index in [1.807, 2.05) is 18.2 Å². The molecule has 0 radical (unpaired) electrons.